The molecule has 0 aliphatic rings. The molecule has 0 saturated heterocycles. The van der Waals surface area contributed by atoms with Gasteiger partial charge in [0, 0.05) is 12.1 Å². The van der Waals surface area contributed by atoms with Crippen LogP contribution in [0.15, 0.2) is 24.3 Å². The van der Waals surface area contributed by atoms with Crippen LogP contribution in [0, 0.1) is 10.1 Å². The lowest BCUT2D eigenvalue weighted by Gasteiger charge is -2.42. The van der Waals surface area contributed by atoms with Crippen LogP contribution in [0.25, 0.3) is 0 Å². The maximum Gasteiger partial charge on any atom is 0.471 e. The highest BCUT2D eigenvalue weighted by Crippen LogP contribution is 2.27. The number of nitro benzene ring substituents is 1. The van der Waals surface area contributed by atoms with E-state index in [-0.39, 0.29) is 63.7 Å². The van der Waals surface area contributed by atoms with E-state index >= 15 is 0 Å². The van der Waals surface area contributed by atoms with Gasteiger partial charge in [0.15, 0.2) is 0 Å². The summed E-state index contributed by atoms with van der Waals surface area (Å²) < 4.78 is 44.9. The van der Waals surface area contributed by atoms with Crippen molar-refractivity contribution in [3.05, 3.63) is 39.9 Å². The van der Waals surface area contributed by atoms with Crippen LogP contribution >= 0.6 is 0 Å². The quantitative estimate of drug-likeness (QED) is 0.0891. The van der Waals surface area contributed by atoms with Gasteiger partial charge in [-0.3, -0.25) is 29.3 Å². The van der Waals surface area contributed by atoms with Gasteiger partial charge in [0.05, 0.1) is 4.92 Å². The number of hydrogen-bond donors (Lipinski definition) is 4. The van der Waals surface area contributed by atoms with Crippen LogP contribution in [0.4, 0.5) is 18.9 Å². The van der Waals surface area contributed by atoms with Gasteiger partial charge in [-0.2, -0.15) is 13.2 Å². The van der Waals surface area contributed by atoms with E-state index in [2.05, 4.69) is 16.0 Å². The summed E-state index contributed by atoms with van der Waals surface area (Å²) in [4.78, 5) is 77.3. The second-order valence-electron chi connectivity index (χ2n) is 12.0. The highest BCUT2D eigenvalue weighted by atomic mass is 19.4. The topological polar surface area (TPSA) is 186 Å². The number of nitrogens with zero attached hydrogens (tertiary/aromatic N) is 1. The Balaban J connectivity index is 3.35. The van der Waals surface area contributed by atoms with Crippen molar-refractivity contribution in [1.29, 1.82) is 0 Å². The van der Waals surface area contributed by atoms with E-state index in [1.54, 1.807) is 46.9 Å². The molecule has 16 heteroatoms. The van der Waals surface area contributed by atoms with Gasteiger partial charge in [-0.15, -0.1) is 0 Å². The number of rotatable bonds is 19. The lowest BCUT2D eigenvalue weighted by Crippen LogP contribution is -2.71. The summed E-state index contributed by atoms with van der Waals surface area (Å²) in [6.45, 7) is 12.5. The van der Waals surface area contributed by atoms with Crippen molar-refractivity contribution in [2.24, 2.45) is 0 Å². The predicted molar refractivity (Wildman–Crippen MR) is 175 cm³/mol. The molecule has 4 N–H and O–H groups in total. The van der Waals surface area contributed by atoms with Gasteiger partial charge in [0.25, 0.3) is 5.69 Å². The Morgan fingerprint density at radius 2 is 0.898 bits per heavy atom. The molecule has 0 fully saturated rings. The molecule has 0 aromatic heterocycles. The molecule has 0 atom stereocenters. The van der Waals surface area contributed by atoms with Crippen LogP contribution in [0.3, 0.4) is 0 Å². The first kappa shape index (κ1) is 42.8. The van der Waals surface area contributed by atoms with Crippen molar-refractivity contribution < 1.29 is 46.8 Å². The second-order valence-corrected chi connectivity index (χ2v) is 12.0. The zero-order chi connectivity index (χ0) is 37.8. The molecular formula is C33H50F3N5O8. The highest BCUT2D eigenvalue weighted by molar-refractivity contribution is 6.00. The van der Waals surface area contributed by atoms with Gasteiger partial charge in [0.2, 0.25) is 17.7 Å². The predicted octanol–water partition coefficient (Wildman–Crippen LogP) is 4.90. The van der Waals surface area contributed by atoms with E-state index in [1.165, 1.54) is 38.1 Å². The molecule has 4 amide bonds. The number of nitro groups is 1. The highest BCUT2D eigenvalue weighted by Gasteiger charge is 2.51. The van der Waals surface area contributed by atoms with Gasteiger partial charge in [-0.1, -0.05) is 55.4 Å². The zero-order valence-electron chi connectivity index (χ0n) is 29.5. The number of ether oxygens (including phenoxy) is 1. The van der Waals surface area contributed by atoms with Crippen molar-refractivity contribution in [3.63, 3.8) is 0 Å². The minimum absolute atomic E-state index is 0.00818. The number of hydrogen-bond acceptors (Lipinski definition) is 8. The van der Waals surface area contributed by atoms with E-state index < -0.39 is 62.9 Å². The summed E-state index contributed by atoms with van der Waals surface area (Å²) in [6, 6.07) is 5.44. The Hall–Kier alpha value is -4.24. The number of carbonyl (C=O) groups excluding carboxylic acids is 5. The van der Waals surface area contributed by atoms with Crippen LogP contribution in [0.1, 0.15) is 112 Å². The number of carbonyl (C=O) groups is 5. The number of nitrogens with one attached hydrogen (secondary N) is 4. The van der Waals surface area contributed by atoms with Crippen LogP contribution in [0.5, 0.6) is 0 Å². The largest absolute Gasteiger partial charge is 0.471 e. The molecule has 0 bridgehead atoms. The van der Waals surface area contributed by atoms with E-state index in [4.69, 9.17) is 4.74 Å². The van der Waals surface area contributed by atoms with Crippen molar-refractivity contribution >= 4 is 35.3 Å². The third-order valence-corrected chi connectivity index (χ3v) is 9.71. The molecule has 13 nitrogen and oxygen atoms in total. The second kappa shape index (κ2) is 17.4. The van der Waals surface area contributed by atoms with Crippen molar-refractivity contribution in [3.8, 4) is 0 Å². The fraction of sp³-hybridized carbons (Fsp3) is 0.667. The molecule has 1 rings (SSSR count). The summed E-state index contributed by atoms with van der Waals surface area (Å²) in [5.41, 5.74) is -6.37. The molecule has 0 saturated carbocycles. The third-order valence-electron chi connectivity index (χ3n) is 9.71. The summed E-state index contributed by atoms with van der Waals surface area (Å²) in [6.07, 6.45) is -5.28. The average molecular weight is 702 g/mol. The first-order valence-corrected chi connectivity index (χ1v) is 16.6. The Morgan fingerprint density at radius 1 is 0.592 bits per heavy atom. The standard InChI is InChI=1S/C33H50F3N5O8/c1-9-29(10-2,38-25(43)31(13-5,14-6)40-27(45)33(34,35)36)24(42)37-30(11-3,12-4)26(44)39-32(15-7,16-8)28(46)49-21-22-17-19-23(20-18-22)41(47)48/h17-20H,9-16,21H2,1-8H3,(H,37,42)(H,38,43)(H,39,44)(H,40,45). The number of benzene rings is 1. The lowest BCUT2D eigenvalue weighted by atomic mass is 9.83. The van der Waals surface area contributed by atoms with Gasteiger partial charge in [-0.05, 0) is 69.1 Å². The van der Waals surface area contributed by atoms with Crippen molar-refractivity contribution in [1.82, 2.24) is 21.3 Å². The molecule has 276 valence electrons. The minimum Gasteiger partial charge on any atom is -0.459 e. The molecule has 0 aliphatic carbocycles. The minimum atomic E-state index is -5.24. The maximum absolute atomic E-state index is 14.0. The normalized spacial score (nSPS) is 12.5. The zero-order valence-corrected chi connectivity index (χ0v) is 29.5. The fourth-order valence-corrected chi connectivity index (χ4v) is 5.48. The molecule has 1 aromatic carbocycles. The summed E-state index contributed by atoms with van der Waals surface area (Å²) in [5, 5.41) is 20.9. The first-order chi connectivity index (χ1) is 22.8. The molecule has 0 aliphatic heterocycles. The maximum atomic E-state index is 14.0. The summed E-state index contributed by atoms with van der Waals surface area (Å²) in [7, 11) is 0. The molecule has 1 aromatic rings. The first-order valence-electron chi connectivity index (χ1n) is 16.6. The van der Waals surface area contributed by atoms with Crippen molar-refractivity contribution in [2.75, 3.05) is 0 Å². The van der Waals surface area contributed by atoms with Crippen LogP contribution in [-0.2, 0) is 35.3 Å². The Morgan fingerprint density at radius 3 is 1.18 bits per heavy atom. The molecule has 0 unspecified atom stereocenters. The Kier molecular flexibility index (Phi) is 15.2. The lowest BCUT2D eigenvalue weighted by molar-refractivity contribution is -0.384. The van der Waals surface area contributed by atoms with Gasteiger partial charge < -0.3 is 26.0 Å². The Bertz CT molecular complexity index is 1330. The molecule has 49 heavy (non-hydrogen) atoms. The van der Waals surface area contributed by atoms with E-state index in [0.29, 0.717) is 5.56 Å². The average Bonchev–Trinajstić information content (AvgIpc) is 3.09. The SMILES string of the molecule is CCC(CC)(NC(=O)C(F)(F)F)C(=O)NC(CC)(CC)C(=O)NC(CC)(CC)C(=O)NC(CC)(CC)C(=O)OCc1ccc([N+](=O)[O-])cc1. The van der Waals surface area contributed by atoms with Gasteiger partial charge >= 0.3 is 18.1 Å². The van der Waals surface area contributed by atoms with E-state index in [1.807, 2.05) is 0 Å². The number of esters is 1. The van der Waals surface area contributed by atoms with E-state index in [0.717, 1.165) is 0 Å². The van der Waals surface area contributed by atoms with Crippen molar-refractivity contribution in [2.45, 2.75) is 142 Å². The molecular weight excluding hydrogens is 651 g/mol. The number of alkyl halides is 3. The van der Waals surface area contributed by atoms with Gasteiger partial charge in [0.1, 0.15) is 28.8 Å². The molecule has 0 heterocycles. The van der Waals surface area contributed by atoms with Crippen LogP contribution < -0.4 is 21.3 Å². The monoisotopic (exact) mass is 701 g/mol. The number of non-ortho nitro benzene ring substituents is 1. The summed E-state index contributed by atoms with van der Waals surface area (Å²) in [5.74, 6) is -5.49. The smallest absolute Gasteiger partial charge is 0.459 e. The number of amides is 4. The third kappa shape index (κ3) is 9.69. The fourth-order valence-electron chi connectivity index (χ4n) is 5.48. The van der Waals surface area contributed by atoms with E-state index in [9.17, 15) is 47.3 Å². The molecule has 0 spiro atoms. The summed E-state index contributed by atoms with van der Waals surface area (Å²) >= 11 is 0. The van der Waals surface area contributed by atoms with Gasteiger partial charge in [-0.25, -0.2) is 4.79 Å². The van der Waals surface area contributed by atoms with Crippen LogP contribution in [-0.4, -0.2) is 62.9 Å². The Labute approximate surface area is 285 Å². The number of halogens is 3. The molecule has 0 radical (unpaired) electrons. The van der Waals surface area contributed by atoms with Crippen LogP contribution in [0.2, 0.25) is 0 Å².